The molecule has 228 valence electrons. The predicted octanol–water partition coefficient (Wildman–Crippen LogP) is -5.35. The van der Waals surface area contributed by atoms with Gasteiger partial charge in [0.05, 0.1) is 26.4 Å². The highest BCUT2D eigenvalue weighted by molar-refractivity contribution is 5.32. The zero-order valence-corrected chi connectivity index (χ0v) is 21.1. The van der Waals surface area contributed by atoms with Crippen LogP contribution in [0.5, 0.6) is 5.75 Å². The van der Waals surface area contributed by atoms with Gasteiger partial charge < -0.3 is 79.5 Å². The maximum atomic E-state index is 11.0. The van der Waals surface area contributed by atoms with Gasteiger partial charge in [-0.3, -0.25) is 0 Å². The first kappa shape index (κ1) is 31.4. The second-order valence-electron chi connectivity index (χ2n) is 9.79. The van der Waals surface area contributed by atoms with Crippen LogP contribution in [-0.4, -0.2) is 157 Å². The van der Waals surface area contributed by atoms with E-state index in [1.54, 1.807) is 18.2 Å². The lowest BCUT2D eigenvalue weighted by Gasteiger charge is -2.46. The molecule has 4 rings (SSSR count). The van der Waals surface area contributed by atoms with Crippen molar-refractivity contribution >= 4 is 0 Å². The van der Waals surface area contributed by atoms with Crippen LogP contribution in [0.1, 0.15) is 5.56 Å². The summed E-state index contributed by atoms with van der Waals surface area (Å²) in [6.07, 6.45) is -22.2. The average Bonchev–Trinajstić information content (AvgIpc) is 2.95. The van der Waals surface area contributed by atoms with E-state index in [2.05, 4.69) is 0 Å². The van der Waals surface area contributed by atoms with Crippen LogP contribution in [0.2, 0.25) is 0 Å². The van der Waals surface area contributed by atoms with Crippen molar-refractivity contribution in [1.82, 2.24) is 0 Å². The first-order valence-electron chi connectivity index (χ1n) is 12.7. The van der Waals surface area contributed by atoms with Crippen molar-refractivity contribution in [3.8, 4) is 5.75 Å². The minimum Gasteiger partial charge on any atom is -0.462 e. The molecule has 10 N–H and O–H groups in total. The Morgan fingerprint density at radius 2 is 1.35 bits per heavy atom. The normalized spacial score (nSPS) is 44.4. The molecule has 0 bridgehead atoms. The number of aliphatic hydroxyl groups excluding tert-OH is 10. The minimum absolute atomic E-state index is 0.115. The summed E-state index contributed by atoms with van der Waals surface area (Å²) in [4.78, 5) is 0. The lowest BCUT2D eigenvalue weighted by molar-refractivity contribution is -0.361. The van der Waals surface area contributed by atoms with Gasteiger partial charge in [-0.05, 0) is 6.07 Å². The molecule has 1 aromatic carbocycles. The van der Waals surface area contributed by atoms with E-state index < -0.39 is 106 Å². The molecule has 1 aromatic rings. The maximum absolute atomic E-state index is 11.0. The summed E-state index contributed by atoms with van der Waals surface area (Å²) in [5, 5.41) is 101. The summed E-state index contributed by atoms with van der Waals surface area (Å²) in [7, 11) is 0. The Bertz CT molecular complexity index is 936. The van der Waals surface area contributed by atoms with Crippen LogP contribution in [-0.2, 0) is 30.3 Å². The lowest BCUT2D eigenvalue weighted by atomic mass is 9.97. The van der Waals surface area contributed by atoms with E-state index in [9.17, 15) is 51.1 Å². The molecular formula is C24H36O16. The maximum Gasteiger partial charge on any atom is 0.229 e. The van der Waals surface area contributed by atoms with Gasteiger partial charge in [0.2, 0.25) is 6.29 Å². The molecule has 3 saturated heterocycles. The zero-order valence-electron chi connectivity index (χ0n) is 21.1. The minimum atomic E-state index is -1.83. The highest BCUT2D eigenvalue weighted by atomic mass is 16.8. The fraction of sp³-hybridized carbons (Fsp3) is 0.750. The van der Waals surface area contributed by atoms with Crippen molar-refractivity contribution in [1.29, 1.82) is 0 Å². The number of rotatable bonds is 9. The third-order valence-corrected chi connectivity index (χ3v) is 7.05. The molecule has 0 aliphatic carbocycles. The van der Waals surface area contributed by atoms with E-state index in [1.807, 2.05) is 0 Å². The van der Waals surface area contributed by atoms with Crippen LogP contribution in [0.4, 0.5) is 0 Å². The average molecular weight is 581 g/mol. The summed E-state index contributed by atoms with van der Waals surface area (Å²) in [5.41, 5.74) is 0.331. The van der Waals surface area contributed by atoms with Crippen molar-refractivity contribution in [2.24, 2.45) is 0 Å². The van der Waals surface area contributed by atoms with Crippen LogP contribution in [0, 0.1) is 0 Å². The Hall–Kier alpha value is -1.58. The Morgan fingerprint density at radius 1 is 0.700 bits per heavy atom. The Balaban J connectivity index is 1.53. The van der Waals surface area contributed by atoms with Gasteiger partial charge in [0.15, 0.2) is 18.7 Å². The van der Waals surface area contributed by atoms with Crippen LogP contribution in [0.3, 0.4) is 0 Å². The molecule has 16 nitrogen and oxygen atoms in total. The van der Waals surface area contributed by atoms with Crippen LogP contribution in [0.25, 0.3) is 0 Å². The fourth-order valence-electron chi connectivity index (χ4n) is 4.61. The van der Waals surface area contributed by atoms with Gasteiger partial charge in [-0.1, -0.05) is 18.2 Å². The van der Waals surface area contributed by atoms with Crippen molar-refractivity contribution < 1.29 is 79.5 Å². The molecule has 3 aliphatic heterocycles. The molecule has 16 heteroatoms. The summed E-state index contributed by atoms with van der Waals surface area (Å²) >= 11 is 0. The molecule has 0 spiro atoms. The van der Waals surface area contributed by atoms with Crippen molar-refractivity contribution in [3.05, 3.63) is 29.8 Å². The number of benzene rings is 1. The molecule has 0 unspecified atom stereocenters. The van der Waals surface area contributed by atoms with E-state index in [1.165, 1.54) is 6.07 Å². The van der Waals surface area contributed by atoms with Gasteiger partial charge in [-0.2, -0.15) is 0 Å². The summed E-state index contributed by atoms with van der Waals surface area (Å²) in [6.45, 7) is -2.00. The standard InChI is InChI=1S/C24H36O16/c25-5-9-3-1-2-4-11(9)37-24-21(40-23-20(34)17(31)15(29)12(6-26)38-23)18(32)16(30)13(39-24)8-36-22-19(33)14(28)10(27)7-35-22/h1-4,10,12-34H,5-8H2/t10-,12-,13+,14+,15-,16+,17-,18+,19-,20+,21-,22+,23+,24-/m0/s1. The molecule has 0 amide bonds. The van der Waals surface area contributed by atoms with Gasteiger partial charge >= 0.3 is 0 Å². The van der Waals surface area contributed by atoms with E-state index >= 15 is 0 Å². The van der Waals surface area contributed by atoms with Gasteiger partial charge in [-0.15, -0.1) is 0 Å². The van der Waals surface area contributed by atoms with Crippen molar-refractivity contribution in [2.45, 2.75) is 92.6 Å². The third kappa shape index (κ3) is 6.57. The number of para-hydroxylation sites is 1. The number of hydrogen-bond donors (Lipinski definition) is 10. The van der Waals surface area contributed by atoms with E-state index in [4.69, 9.17) is 28.4 Å². The first-order chi connectivity index (χ1) is 19.1. The van der Waals surface area contributed by atoms with Crippen molar-refractivity contribution in [2.75, 3.05) is 19.8 Å². The zero-order chi connectivity index (χ0) is 29.1. The Kier molecular flexibility index (Phi) is 10.7. The lowest BCUT2D eigenvalue weighted by Crippen LogP contribution is -2.65. The molecule has 40 heavy (non-hydrogen) atoms. The second-order valence-corrected chi connectivity index (χ2v) is 9.79. The van der Waals surface area contributed by atoms with Gasteiger partial charge in [-0.25, -0.2) is 0 Å². The SMILES string of the molecule is OCc1ccccc1O[C@H]1O[C@H](CO[C@H]2OC[C@H](O)[C@@H](O)[C@@H]2O)[C@@H](O)[C@@H](O)[C@@H]1O[C@H]1O[C@@H](CO)[C@H](O)[C@H](O)[C@H]1O. The largest absolute Gasteiger partial charge is 0.462 e. The predicted molar refractivity (Wildman–Crippen MR) is 126 cm³/mol. The topological polar surface area (TPSA) is 258 Å². The van der Waals surface area contributed by atoms with E-state index in [0.717, 1.165) is 0 Å². The first-order valence-corrected chi connectivity index (χ1v) is 12.7. The van der Waals surface area contributed by atoms with Crippen LogP contribution in [0.15, 0.2) is 24.3 Å². The number of ether oxygens (including phenoxy) is 6. The second kappa shape index (κ2) is 13.6. The van der Waals surface area contributed by atoms with Gasteiger partial charge in [0, 0.05) is 5.56 Å². The van der Waals surface area contributed by atoms with E-state index in [-0.39, 0.29) is 12.4 Å². The third-order valence-electron chi connectivity index (χ3n) is 7.05. The Morgan fingerprint density at radius 3 is 2.05 bits per heavy atom. The molecule has 3 heterocycles. The number of aliphatic hydroxyl groups is 10. The van der Waals surface area contributed by atoms with Gasteiger partial charge in [0.1, 0.15) is 66.8 Å². The fourth-order valence-corrected chi connectivity index (χ4v) is 4.61. The molecule has 3 aliphatic rings. The highest BCUT2D eigenvalue weighted by Gasteiger charge is 2.52. The summed E-state index contributed by atoms with van der Waals surface area (Å²) < 4.78 is 33.4. The van der Waals surface area contributed by atoms with Crippen LogP contribution >= 0.6 is 0 Å². The molecule has 14 atom stereocenters. The summed E-state index contributed by atoms with van der Waals surface area (Å²) in [6, 6.07) is 6.27. The smallest absolute Gasteiger partial charge is 0.229 e. The van der Waals surface area contributed by atoms with Gasteiger partial charge in [0.25, 0.3) is 0 Å². The Labute approximate surface area is 228 Å². The number of hydrogen-bond acceptors (Lipinski definition) is 16. The molecular weight excluding hydrogens is 544 g/mol. The van der Waals surface area contributed by atoms with Crippen molar-refractivity contribution in [3.63, 3.8) is 0 Å². The highest BCUT2D eigenvalue weighted by Crippen LogP contribution is 2.32. The van der Waals surface area contributed by atoms with E-state index in [0.29, 0.717) is 5.56 Å². The quantitative estimate of drug-likeness (QED) is 0.131. The summed E-state index contributed by atoms with van der Waals surface area (Å²) in [5.74, 6) is 0.115. The molecule has 0 saturated carbocycles. The van der Waals surface area contributed by atoms with Crippen LogP contribution < -0.4 is 4.74 Å². The monoisotopic (exact) mass is 580 g/mol. The molecule has 0 radical (unpaired) electrons. The molecule has 0 aromatic heterocycles. The molecule has 3 fully saturated rings.